The van der Waals surface area contributed by atoms with Crippen LogP contribution in [0, 0.1) is 0 Å². The summed E-state index contributed by atoms with van der Waals surface area (Å²) in [5, 5.41) is 9.55. The average Bonchev–Trinajstić information content (AvgIpc) is 2.35. The van der Waals surface area contributed by atoms with Crippen molar-refractivity contribution in [2.45, 2.75) is 26.4 Å². The molecule has 1 aromatic rings. The molecule has 0 saturated heterocycles. The standard InChI is InChI=1S/C13H20O4S/c1-3-18(15,16)10-6-9-17-13-8-5-4-7-12(13)11(2)14/h4-5,7-8,11,14H,3,6,9-10H2,1-2H3/t11-/m1/s1. The molecule has 1 N–H and O–H groups in total. The number of para-hydroxylation sites is 1. The van der Waals surface area contributed by atoms with E-state index in [0.717, 1.165) is 5.56 Å². The van der Waals surface area contributed by atoms with E-state index in [2.05, 4.69) is 0 Å². The molecule has 18 heavy (non-hydrogen) atoms. The van der Waals surface area contributed by atoms with E-state index < -0.39 is 15.9 Å². The van der Waals surface area contributed by atoms with Gasteiger partial charge in [0, 0.05) is 11.3 Å². The molecule has 0 saturated carbocycles. The van der Waals surface area contributed by atoms with Gasteiger partial charge in [-0.25, -0.2) is 8.42 Å². The molecular weight excluding hydrogens is 252 g/mol. The Labute approximate surface area is 109 Å². The second kappa shape index (κ2) is 6.75. The molecule has 0 spiro atoms. The molecule has 0 aliphatic carbocycles. The summed E-state index contributed by atoms with van der Waals surface area (Å²) in [7, 11) is -2.93. The highest BCUT2D eigenvalue weighted by molar-refractivity contribution is 7.91. The van der Waals surface area contributed by atoms with Crippen molar-refractivity contribution in [2.75, 3.05) is 18.1 Å². The van der Waals surface area contributed by atoms with Crippen LogP contribution in [0.2, 0.25) is 0 Å². The largest absolute Gasteiger partial charge is 0.493 e. The molecule has 0 amide bonds. The predicted octanol–water partition coefficient (Wildman–Crippen LogP) is 1.94. The zero-order valence-electron chi connectivity index (χ0n) is 10.8. The molecule has 5 heteroatoms. The molecule has 0 aliphatic rings. The summed E-state index contributed by atoms with van der Waals surface area (Å²) in [6.45, 7) is 3.64. The van der Waals surface area contributed by atoms with Crippen LogP contribution in [0.15, 0.2) is 24.3 Å². The molecule has 1 rings (SSSR count). The van der Waals surface area contributed by atoms with Gasteiger partial charge in [-0.15, -0.1) is 0 Å². The van der Waals surface area contributed by atoms with E-state index in [1.807, 2.05) is 12.1 Å². The molecule has 102 valence electrons. The third-order valence-corrected chi connectivity index (χ3v) is 4.46. The number of aliphatic hydroxyl groups is 1. The van der Waals surface area contributed by atoms with E-state index in [1.54, 1.807) is 26.0 Å². The maximum absolute atomic E-state index is 11.3. The normalized spacial score (nSPS) is 13.3. The van der Waals surface area contributed by atoms with E-state index >= 15 is 0 Å². The molecule has 0 aromatic heterocycles. The fourth-order valence-corrected chi connectivity index (χ4v) is 2.41. The summed E-state index contributed by atoms with van der Waals surface area (Å²) in [5.74, 6) is 0.916. The van der Waals surface area contributed by atoms with Crippen molar-refractivity contribution >= 4 is 9.84 Å². The van der Waals surface area contributed by atoms with Gasteiger partial charge in [-0.3, -0.25) is 0 Å². The summed E-state index contributed by atoms with van der Waals surface area (Å²) < 4.78 is 28.1. The van der Waals surface area contributed by atoms with Crippen LogP contribution in [-0.2, 0) is 9.84 Å². The molecule has 4 nitrogen and oxygen atoms in total. The molecule has 0 fully saturated rings. The number of aliphatic hydroxyl groups excluding tert-OH is 1. The number of hydrogen-bond donors (Lipinski definition) is 1. The fraction of sp³-hybridized carbons (Fsp3) is 0.538. The Morgan fingerprint density at radius 2 is 2.00 bits per heavy atom. The topological polar surface area (TPSA) is 63.6 Å². The van der Waals surface area contributed by atoms with E-state index in [0.29, 0.717) is 18.8 Å². The average molecular weight is 272 g/mol. The highest BCUT2D eigenvalue weighted by atomic mass is 32.2. The minimum atomic E-state index is -2.93. The Hall–Kier alpha value is -1.07. The lowest BCUT2D eigenvalue weighted by Gasteiger charge is -2.13. The summed E-state index contributed by atoms with van der Waals surface area (Å²) in [5.41, 5.74) is 0.718. The first-order valence-electron chi connectivity index (χ1n) is 6.06. The molecular formula is C13H20O4S. The zero-order chi connectivity index (χ0) is 13.6. The third kappa shape index (κ3) is 4.66. The van der Waals surface area contributed by atoms with Crippen molar-refractivity contribution < 1.29 is 18.3 Å². The van der Waals surface area contributed by atoms with Crippen molar-refractivity contribution in [3.63, 3.8) is 0 Å². The minimum Gasteiger partial charge on any atom is -0.493 e. The Morgan fingerprint density at radius 1 is 1.33 bits per heavy atom. The predicted molar refractivity (Wildman–Crippen MR) is 71.5 cm³/mol. The lowest BCUT2D eigenvalue weighted by molar-refractivity contribution is 0.191. The van der Waals surface area contributed by atoms with Crippen molar-refractivity contribution in [2.24, 2.45) is 0 Å². The van der Waals surface area contributed by atoms with Gasteiger partial charge >= 0.3 is 0 Å². The zero-order valence-corrected chi connectivity index (χ0v) is 11.6. The van der Waals surface area contributed by atoms with Crippen LogP contribution in [-0.4, -0.2) is 31.6 Å². The van der Waals surface area contributed by atoms with Gasteiger partial charge in [0.2, 0.25) is 0 Å². The van der Waals surface area contributed by atoms with Crippen LogP contribution in [0.1, 0.15) is 31.9 Å². The monoisotopic (exact) mass is 272 g/mol. The number of benzene rings is 1. The first-order valence-corrected chi connectivity index (χ1v) is 7.88. The SMILES string of the molecule is CCS(=O)(=O)CCCOc1ccccc1[C@@H](C)O. The van der Waals surface area contributed by atoms with Crippen LogP contribution in [0.5, 0.6) is 5.75 Å². The Bertz CT molecular complexity index is 466. The van der Waals surface area contributed by atoms with Crippen LogP contribution >= 0.6 is 0 Å². The smallest absolute Gasteiger partial charge is 0.150 e. The number of rotatable bonds is 7. The van der Waals surface area contributed by atoms with Crippen molar-refractivity contribution in [3.8, 4) is 5.75 Å². The number of ether oxygens (including phenoxy) is 1. The lowest BCUT2D eigenvalue weighted by atomic mass is 10.1. The van der Waals surface area contributed by atoms with Gasteiger partial charge in [-0.05, 0) is 19.4 Å². The Kier molecular flexibility index (Phi) is 5.62. The fourth-order valence-electron chi connectivity index (χ4n) is 1.56. The van der Waals surface area contributed by atoms with Gasteiger partial charge in [-0.1, -0.05) is 25.1 Å². The van der Waals surface area contributed by atoms with Crippen LogP contribution in [0.25, 0.3) is 0 Å². The quantitative estimate of drug-likeness (QED) is 0.770. The lowest BCUT2D eigenvalue weighted by Crippen LogP contribution is -2.12. The summed E-state index contributed by atoms with van der Waals surface area (Å²) >= 11 is 0. The number of hydrogen-bond acceptors (Lipinski definition) is 4. The van der Waals surface area contributed by atoms with Gasteiger partial charge in [0.05, 0.1) is 18.5 Å². The Balaban J connectivity index is 2.50. The van der Waals surface area contributed by atoms with E-state index in [-0.39, 0.29) is 11.5 Å². The van der Waals surface area contributed by atoms with Gasteiger partial charge in [-0.2, -0.15) is 0 Å². The molecule has 1 atom stereocenters. The highest BCUT2D eigenvalue weighted by Gasteiger charge is 2.09. The molecule has 0 bridgehead atoms. The molecule has 0 radical (unpaired) electrons. The molecule has 1 aromatic carbocycles. The van der Waals surface area contributed by atoms with Gasteiger partial charge in [0.1, 0.15) is 15.6 Å². The second-order valence-corrected chi connectivity index (χ2v) is 6.62. The van der Waals surface area contributed by atoms with Crippen molar-refractivity contribution in [1.29, 1.82) is 0 Å². The van der Waals surface area contributed by atoms with Gasteiger partial charge in [0.25, 0.3) is 0 Å². The van der Waals surface area contributed by atoms with E-state index in [1.165, 1.54) is 0 Å². The first-order chi connectivity index (χ1) is 8.46. The molecule has 0 unspecified atom stereocenters. The summed E-state index contributed by atoms with van der Waals surface area (Å²) in [6.07, 6.45) is -0.134. The first kappa shape index (κ1) is 15.0. The van der Waals surface area contributed by atoms with Crippen molar-refractivity contribution in [1.82, 2.24) is 0 Å². The maximum atomic E-state index is 11.3. The summed E-state index contributed by atoms with van der Waals surface area (Å²) in [6, 6.07) is 7.22. The molecule has 0 heterocycles. The van der Waals surface area contributed by atoms with Crippen LogP contribution in [0.4, 0.5) is 0 Å². The molecule has 0 aliphatic heterocycles. The van der Waals surface area contributed by atoms with Crippen molar-refractivity contribution in [3.05, 3.63) is 29.8 Å². The second-order valence-electron chi connectivity index (χ2n) is 4.15. The van der Waals surface area contributed by atoms with Gasteiger partial charge < -0.3 is 9.84 Å². The van der Waals surface area contributed by atoms with Gasteiger partial charge in [0.15, 0.2) is 0 Å². The van der Waals surface area contributed by atoms with Crippen LogP contribution in [0.3, 0.4) is 0 Å². The Morgan fingerprint density at radius 3 is 2.61 bits per heavy atom. The maximum Gasteiger partial charge on any atom is 0.150 e. The minimum absolute atomic E-state index is 0.139. The third-order valence-electron chi connectivity index (χ3n) is 2.67. The summed E-state index contributed by atoms with van der Waals surface area (Å²) in [4.78, 5) is 0. The highest BCUT2D eigenvalue weighted by Crippen LogP contribution is 2.24. The van der Waals surface area contributed by atoms with E-state index in [9.17, 15) is 13.5 Å². The van der Waals surface area contributed by atoms with Crippen LogP contribution < -0.4 is 4.74 Å². The number of sulfone groups is 1. The van der Waals surface area contributed by atoms with E-state index in [4.69, 9.17) is 4.74 Å².